The van der Waals surface area contributed by atoms with Crippen LogP contribution in [-0.4, -0.2) is 22.6 Å². The van der Waals surface area contributed by atoms with Crippen LogP contribution in [0.2, 0.25) is 0 Å². The Hall–Kier alpha value is -1.03. The molecule has 4 atom stereocenters. The fraction of sp³-hybridized carbons (Fsp3) is 1.00. The molecule has 0 aromatic rings. The lowest BCUT2D eigenvalue weighted by molar-refractivity contribution is 0.405. The Kier molecular flexibility index (Phi) is 3.26. The zero-order chi connectivity index (χ0) is 10.7. The number of azide groups is 2. The van der Waals surface area contributed by atoms with Crippen molar-refractivity contribution in [2.24, 2.45) is 10.2 Å². The van der Waals surface area contributed by atoms with Gasteiger partial charge in [0.05, 0.1) is 0 Å². The van der Waals surface area contributed by atoms with Gasteiger partial charge in [-0.3, -0.25) is 0 Å². The summed E-state index contributed by atoms with van der Waals surface area (Å²) >= 11 is 1.84. The molecule has 0 saturated carbocycles. The van der Waals surface area contributed by atoms with Crippen LogP contribution in [0.25, 0.3) is 20.9 Å². The highest BCUT2D eigenvalue weighted by molar-refractivity contribution is 8.00. The Bertz CT molecular complexity index is 300. The molecule has 0 aromatic carbocycles. The minimum atomic E-state index is 0.142. The first-order chi connectivity index (χ1) is 7.35. The van der Waals surface area contributed by atoms with Gasteiger partial charge in [-0.25, -0.2) is 0 Å². The number of fused-ring (bicyclic) bond motifs is 2. The van der Waals surface area contributed by atoms with Crippen LogP contribution in [0.1, 0.15) is 25.7 Å². The second kappa shape index (κ2) is 4.66. The molecule has 0 aliphatic carbocycles. The minimum Gasteiger partial charge on any atom is -0.154 e. The largest absolute Gasteiger partial charge is 0.154 e. The summed E-state index contributed by atoms with van der Waals surface area (Å²) in [7, 11) is 0. The van der Waals surface area contributed by atoms with E-state index in [4.69, 9.17) is 11.1 Å². The molecule has 2 fully saturated rings. The highest BCUT2D eigenvalue weighted by atomic mass is 32.2. The van der Waals surface area contributed by atoms with E-state index in [0.717, 1.165) is 25.7 Å². The van der Waals surface area contributed by atoms with Crippen LogP contribution in [-0.2, 0) is 0 Å². The predicted molar refractivity (Wildman–Crippen MR) is 59.5 cm³/mol. The summed E-state index contributed by atoms with van der Waals surface area (Å²) in [5.74, 6) is 0. The average molecular weight is 224 g/mol. The van der Waals surface area contributed by atoms with Gasteiger partial charge in [-0.1, -0.05) is 10.2 Å². The monoisotopic (exact) mass is 224 g/mol. The van der Waals surface area contributed by atoms with Gasteiger partial charge in [-0.2, -0.15) is 11.8 Å². The van der Waals surface area contributed by atoms with E-state index in [1.54, 1.807) is 0 Å². The van der Waals surface area contributed by atoms with E-state index < -0.39 is 0 Å². The van der Waals surface area contributed by atoms with Gasteiger partial charge in [0.15, 0.2) is 0 Å². The molecule has 2 saturated heterocycles. The molecule has 0 aromatic heterocycles. The van der Waals surface area contributed by atoms with Crippen LogP contribution in [0.3, 0.4) is 0 Å². The summed E-state index contributed by atoms with van der Waals surface area (Å²) in [6.45, 7) is 0. The van der Waals surface area contributed by atoms with Crippen molar-refractivity contribution in [3.05, 3.63) is 20.9 Å². The number of thioether (sulfide) groups is 1. The van der Waals surface area contributed by atoms with Crippen molar-refractivity contribution in [2.45, 2.75) is 48.3 Å². The van der Waals surface area contributed by atoms with E-state index >= 15 is 0 Å². The molecule has 0 spiro atoms. The number of hydrogen-bond donors (Lipinski definition) is 0. The van der Waals surface area contributed by atoms with Gasteiger partial charge in [0.1, 0.15) is 0 Å². The van der Waals surface area contributed by atoms with E-state index in [0.29, 0.717) is 10.5 Å². The van der Waals surface area contributed by atoms with Gasteiger partial charge in [0, 0.05) is 32.4 Å². The fourth-order valence-electron chi connectivity index (χ4n) is 2.37. The van der Waals surface area contributed by atoms with Crippen molar-refractivity contribution >= 4 is 11.8 Å². The molecule has 2 aliphatic heterocycles. The number of hydrogen-bond acceptors (Lipinski definition) is 3. The summed E-state index contributed by atoms with van der Waals surface area (Å²) < 4.78 is 0. The first-order valence-electron chi connectivity index (χ1n) is 5.09. The Morgan fingerprint density at radius 3 is 1.73 bits per heavy atom. The summed E-state index contributed by atoms with van der Waals surface area (Å²) in [4.78, 5) is 5.78. The lowest BCUT2D eigenvalue weighted by atomic mass is 9.92. The van der Waals surface area contributed by atoms with Crippen LogP contribution in [0, 0.1) is 0 Å². The standard InChI is InChI=1S/C8H12N6S/c9-13-11-5-1-3-7-6(12-14-10)2-4-8(5)15-7/h5-8H,1-4H2. The minimum absolute atomic E-state index is 0.142. The molecular formula is C8H12N6S. The molecular weight excluding hydrogens is 212 g/mol. The van der Waals surface area contributed by atoms with E-state index in [1.807, 2.05) is 11.8 Å². The third kappa shape index (κ3) is 2.15. The van der Waals surface area contributed by atoms with Gasteiger partial charge in [-0.05, 0) is 36.7 Å². The molecule has 0 N–H and O–H groups in total. The van der Waals surface area contributed by atoms with Gasteiger partial charge < -0.3 is 0 Å². The third-order valence-electron chi connectivity index (χ3n) is 3.10. The molecule has 2 rings (SSSR count). The van der Waals surface area contributed by atoms with Crippen LogP contribution in [0.5, 0.6) is 0 Å². The van der Waals surface area contributed by atoms with Crippen molar-refractivity contribution in [2.75, 3.05) is 0 Å². The molecule has 7 heteroatoms. The molecule has 2 heterocycles. The first kappa shape index (κ1) is 10.5. The maximum absolute atomic E-state index is 8.43. The van der Waals surface area contributed by atoms with Gasteiger partial charge >= 0.3 is 0 Å². The van der Waals surface area contributed by atoms with Crippen molar-refractivity contribution in [1.29, 1.82) is 0 Å². The smallest absolute Gasteiger partial charge is 0.0493 e. The maximum Gasteiger partial charge on any atom is 0.0493 e. The SMILES string of the molecule is [N-]=[N+]=NC1CCC2SC1CCC2N=[N+]=[N-]. The maximum atomic E-state index is 8.43. The van der Waals surface area contributed by atoms with Crippen molar-refractivity contribution in [1.82, 2.24) is 0 Å². The summed E-state index contributed by atoms with van der Waals surface area (Å²) in [6.07, 6.45) is 3.86. The molecule has 6 nitrogen and oxygen atoms in total. The molecule has 2 aliphatic rings. The fourth-order valence-corrected chi connectivity index (χ4v) is 4.10. The van der Waals surface area contributed by atoms with Gasteiger partial charge in [0.2, 0.25) is 0 Å². The molecule has 15 heavy (non-hydrogen) atoms. The van der Waals surface area contributed by atoms with Crippen molar-refractivity contribution < 1.29 is 0 Å². The lowest BCUT2D eigenvalue weighted by Gasteiger charge is -2.40. The molecule has 0 radical (unpaired) electrons. The van der Waals surface area contributed by atoms with Crippen LogP contribution >= 0.6 is 11.8 Å². The molecule has 4 unspecified atom stereocenters. The Balaban J connectivity index is 2.05. The Morgan fingerprint density at radius 2 is 1.33 bits per heavy atom. The van der Waals surface area contributed by atoms with Crippen LogP contribution < -0.4 is 0 Å². The van der Waals surface area contributed by atoms with Gasteiger partial charge in [-0.15, -0.1) is 0 Å². The third-order valence-corrected chi connectivity index (χ3v) is 4.90. The topological polar surface area (TPSA) is 97.5 Å². The highest BCUT2D eigenvalue weighted by Crippen LogP contribution is 2.43. The highest BCUT2D eigenvalue weighted by Gasteiger charge is 2.38. The normalized spacial score (nSPS) is 38.7. The Labute approximate surface area is 91.7 Å². The first-order valence-corrected chi connectivity index (χ1v) is 6.03. The van der Waals surface area contributed by atoms with E-state index in [2.05, 4.69) is 20.1 Å². The van der Waals surface area contributed by atoms with Crippen LogP contribution in [0.4, 0.5) is 0 Å². The Morgan fingerprint density at radius 1 is 0.867 bits per heavy atom. The number of rotatable bonds is 2. The van der Waals surface area contributed by atoms with Crippen LogP contribution in [0.15, 0.2) is 10.2 Å². The second-order valence-electron chi connectivity index (χ2n) is 3.91. The van der Waals surface area contributed by atoms with Crippen molar-refractivity contribution in [3.8, 4) is 0 Å². The molecule has 80 valence electrons. The molecule has 0 amide bonds. The van der Waals surface area contributed by atoms with E-state index in [1.165, 1.54) is 0 Å². The quantitative estimate of drug-likeness (QED) is 0.401. The van der Waals surface area contributed by atoms with E-state index in [9.17, 15) is 0 Å². The summed E-state index contributed by atoms with van der Waals surface area (Å²) in [6, 6.07) is 0.284. The lowest BCUT2D eigenvalue weighted by Crippen LogP contribution is -2.40. The second-order valence-corrected chi connectivity index (χ2v) is 5.40. The number of nitrogens with zero attached hydrogens (tertiary/aromatic N) is 6. The van der Waals surface area contributed by atoms with Crippen molar-refractivity contribution in [3.63, 3.8) is 0 Å². The zero-order valence-corrected chi connectivity index (χ0v) is 9.05. The van der Waals surface area contributed by atoms with Gasteiger partial charge in [0.25, 0.3) is 0 Å². The zero-order valence-electron chi connectivity index (χ0n) is 8.23. The average Bonchev–Trinajstić information content (AvgIpc) is 2.26. The summed E-state index contributed by atoms with van der Waals surface area (Å²) in [5, 5.41) is 8.53. The van der Waals surface area contributed by atoms with E-state index in [-0.39, 0.29) is 12.1 Å². The molecule has 2 bridgehead atoms. The summed E-state index contributed by atoms with van der Waals surface area (Å²) in [5.41, 5.74) is 16.9. The predicted octanol–water partition coefficient (Wildman–Crippen LogP) is 3.40.